The molecular weight excluding hydrogens is 306 g/mol. The monoisotopic (exact) mass is 321 g/mol. The quantitative estimate of drug-likeness (QED) is 0.635. The summed E-state index contributed by atoms with van der Waals surface area (Å²) in [7, 11) is 0. The van der Waals surface area contributed by atoms with Gasteiger partial charge in [0.25, 0.3) is 0 Å². The fourth-order valence-corrected chi connectivity index (χ4v) is 2.76. The molecule has 3 N–H and O–H groups in total. The number of hydrogen-bond donors (Lipinski definition) is 3. The van der Waals surface area contributed by atoms with Crippen molar-refractivity contribution < 1.29 is 14.3 Å². The third-order valence-electron chi connectivity index (χ3n) is 4.00. The number of carbonyl (C=O) groups is 2. The van der Waals surface area contributed by atoms with E-state index in [0.717, 1.165) is 22.0 Å². The third-order valence-corrected chi connectivity index (χ3v) is 4.00. The van der Waals surface area contributed by atoms with Crippen LogP contribution < -0.4 is 10.6 Å². The van der Waals surface area contributed by atoms with E-state index in [0.29, 0.717) is 24.6 Å². The zero-order valence-corrected chi connectivity index (χ0v) is 12.8. The molecule has 24 heavy (non-hydrogen) atoms. The predicted octanol–water partition coefficient (Wildman–Crippen LogP) is 2.78. The highest BCUT2D eigenvalue weighted by Gasteiger charge is 2.16. The van der Waals surface area contributed by atoms with Gasteiger partial charge in [-0.05, 0) is 47.5 Å². The van der Waals surface area contributed by atoms with Gasteiger partial charge < -0.3 is 20.4 Å². The van der Waals surface area contributed by atoms with Gasteiger partial charge in [-0.2, -0.15) is 0 Å². The molecule has 2 amide bonds. The van der Waals surface area contributed by atoms with Crippen LogP contribution >= 0.6 is 0 Å². The zero-order chi connectivity index (χ0) is 16.5. The molecule has 6 heteroatoms. The Kier molecular flexibility index (Phi) is 3.51. The number of carbonyl (C=O) groups excluding carboxylic acids is 2. The van der Waals surface area contributed by atoms with Crippen molar-refractivity contribution in [1.29, 1.82) is 0 Å². The SMILES string of the molecule is O=C(Nc1ccc2c(c1)COC2)C(=O)Nc1ccc2[nH]ccc2c1. The van der Waals surface area contributed by atoms with Crippen LogP contribution in [0.25, 0.3) is 10.9 Å². The van der Waals surface area contributed by atoms with E-state index < -0.39 is 11.8 Å². The molecule has 1 aliphatic rings. The van der Waals surface area contributed by atoms with Crippen LogP contribution in [0, 0.1) is 0 Å². The van der Waals surface area contributed by atoms with Gasteiger partial charge in [0, 0.05) is 28.5 Å². The summed E-state index contributed by atoms with van der Waals surface area (Å²) in [5.74, 6) is -1.41. The topological polar surface area (TPSA) is 83.2 Å². The van der Waals surface area contributed by atoms with Crippen molar-refractivity contribution in [2.45, 2.75) is 13.2 Å². The van der Waals surface area contributed by atoms with Crippen LogP contribution in [0.1, 0.15) is 11.1 Å². The Morgan fingerprint density at radius 1 is 0.875 bits per heavy atom. The maximum atomic E-state index is 12.1. The number of benzene rings is 2. The molecule has 4 rings (SSSR count). The second-order valence-corrected chi connectivity index (χ2v) is 5.66. The van der Waals surface area contributed by atoms with Crippen molar-refractivity contribution in [3.63, 3.8) is 0 Å². The minimum atomic E-state index is -0.707. The van der Waals surface area contributed by atoms with Crippen molar-refractivity contribution in [3.05, 3.63) is 59.8 Å². The van der Waals surface area contributed by atoms with Crippen molar-refractivity contribution in [2.75, 3.05) is 10.6 Å². The molecule has 0 unspecified atom stereocenters. The number of nitrogens with one attached hydrogen (secondary N) is 3. The average Bonchev–Trinajstić information content (AvgIpc) is 3.22. The first-order chi connectivity index (χ1) is 11.7. The molecule has 0 bridgehead atoms. The highest BCUT2D eigenvalue weighted by atomic mass is 16.5. The predicted molar refractivity (Wildman–Crippen MR) is 90.5 cm³/mol. The average molecular weight is 321 g/mol. The van der Waals surface area contributed by atoms with Gasteiger partial charge in [0.15, 0.2) is 0 Å². The first kappa shape index (κ1) is 14.5. The summed E-state index contributed by atoms with van der Waals surface area (Å²) in [5, 5.41) is 6.18. The molecule has 120 valence electrons. The van der Waals surface area contributed by atoms with Gasteiger partial charge in [0.1, 0.15) is 0 Å². The normalized spacial score (nSPS) is 12.8. The second-order valence-electron chi connectivity index (χ2n) is 5.66. The largest absolute Gasteiger partial charge is 0.372 e. The van der Waals surface area contributed by atoms with Crippen LogP contribution in [0.4, 0.5) is 11.4 Å². The Bertz CT molecular complexity index is 946. The number of rotatable bonds is 2. The third kappa shape index (κ3) is 2.75. The summed E-state index contributed by atoms with van der Waals surface area (Å²) < 4.78 is 5.34. The molecule has 1 aromatic heterocycles. The summed E-state index contributed by atoms with van der Waals surface area (Å²) in [6.45, 7) is 1.12. The molecule has 0 fully saturated rings. The highest BCUT2D eigenvalue weighted by Crippen LogP contribution is 2.23. The van der Waals surface area contributed by atoms with Crippen LogP contribution in [0.15, 0.2) is 48.7 Å². The lowest BCUT2D eigenvalue weighted by Gasteiger charge is -2.08. The number of hydrogen-bond acceptors (Lipinski definition) is 3. The summed E-state index contributed by atoms with van der Waals surface area (Å²) in [6.07, 6.45) is 1.82. The first-order valence-corrected chi connectivity index (χ1v) is 7.58. The standard InChI is InChI=1S/C18H15N3O3/c22-17(20-14-2-1-12-9-24-10-13(12)8-14)18(23)21-15-3-4-16-11(7-15)5-6-19-16/h1-8,19H,9-10H2,(H,20,22)(H,21,23). The number of aromatic amines is 1. The number of anilines is 2. The minimum Gasteiger partial charge on any atom is -0.372 e. The summed E-state index contributed by atoms with van der Waals surface area (Å²) >= 11 is 0. The van der Waals surface area contributed by atoms with E-state index in [-0.39, 0.29) is 0 Å². The van der Waals surface area contributed by atoms with Crippen LogP contribution in [0.5, 0.6) is 0 Å². The molecule has 0 radical (unpaired) electrons. The van der Waals surface area contributed by atoms with E-state index in [1.165, 1.54) is 0 Å². The maximum Gasteiger partial charge on any atom is 0.314 e. The van der Waals surface area contributed by atoms with Gasteiger partial charge in [-0.15, -0.1) is 0 Å². The summed E-state index contributed by atoms with van der Waals surface area (Å²) in [5.41, 5.74) is 4.27. The lowest BCUT2D eigenvalue weighted by molar-refractivity contribution is -0.132. The fraction of sp³-hybridized carbons (Fsp3) is 0.111. The molecule has 3 aromatic rings. The smallest absolute Gasteiger partial charge is 0.314 e. The number of ether oxygens (including phenoxy) is 1. The van der Waals surface area contributed by atoms with Gasteiger partial charge in [-0.25, -0.2) is 0 Å². The molecular formula is C18H15N3O3. The molecule has 2 aromatic carbocycles. The lowest BCUT2D eigenvalue weighted by Crippen LogP contribution is -2.29. The maximum absolute atomic E-state index is 12.1. The lowest BCUT2D eigenvalue weighted by atomic mass is 10.1. The van der Waals surface area contributed by atoms with E-state index in [1.54, 1.807) is 12.1 Å². The van der Waals surface area contributed by atoms with Crippen LogP contribution in [-0.4, -0.2) is 16.8 Å². The first-order valence-electron chi connectivity index (χ1n) is 7.58. The van der Waals surface area contributed by atoms with Gasteiger partial charge in [-0.1, -0.05) is 6.07 Å². The fourth-order valence-electron chi connectivity index (χ4n) is 2.76. The van der Waals surface area contributed by atoms with Crippen molar-refractivity contribution >= 4 is 34.1 Å². The molecule has 2 heterocycles. The number of aromatic nitrogens is 1. The Balaban J connectivity index is 1.44. The van der Waals surface area contributed by atoms with Crippen molar-refractivity contribution in [1.82, 2.24) is 4.98 Å². The van der Waals surface area contributed by atoms with Crippen molar-refractivity contribution in [2.24, 2.45) is 0 Å². The zero-order valence-electron chi connectivity index (χ0n) is 12.8. The molecule has 0 spiro atoms. The Morgan fingerprint density at radius 2 is 1.58 bits per heavy atom. The number of fused-ring (bicyclic) bond motifs is 2. The summed E-state index contributed by atoms with van der Waals surface area (Å²) in [4.78, 5) is 27.2. The molecule has 6 nitrogen and oxygen atoms in total. The summed E-state index contributed by atoms with van der Waals surface area (Å²) in [6, 6.07) is 12.8. The molecule has 0 saturated carbocycles. The van der Waals surface area contributed by atoms with Gasteiger partial charge >= 0.3 is 11.8 Å². The Hall–Kier alpha value is -3.12. The molecule has 1 aliphatic heterocycles. The van der Waals surface area contributed by atoms with E-state index >= 15 is 0 Å². The van der Waals surface area contributed by atoms with Gasteiger partial charge in [0.2, 0.25) is 0 Å². The van der Waals surface area contributed by atoms with Gasteiger partial charge in [-0.3, -0.25) is 9.59 Å². The highest BCUT2D eigenvalue weighted by molar-refractivity contribution is 6.43. The molecule has 0 saturated heterocycles. The number of amides is 2. The van der Waals surface area contributed by atoms with E-state index in [2.05, 4.69) is 15.6 Å². The van der Waals surface area contributed by atoms with E-state index in [9.17, 15) is 9.59 Å². The minimum absolute atomic E-state index is 0.530. The van der Waals surface area contributed by atoms with Gasteiger partial charge in [0.05, 0.1) is 13.2 Å². The molecule has 0 atom stereocenters. The van der Waals surface area contributed by atoms with E-state index in [1.807, 2.05) is 36.5 Å². The van der Waals surface area contributed by atoms with E-state index in [4.69, 9.17) is 4.74 Å². The van der Waals surface area contributed by atoms with Crippen LogP contribution in [-0.2, 0) is 27.5 Å². The van der Waals surface area contributed by atoms with Crippen LogP contribution in [0.3, 0.4) is 0 Å². The van der Waals surface area contributed by atoms with Crippen LogP contribution in [0.2, 0.25) is 0 Å². The second kappa shape index (κ2) is 5.82. The van der Waals surface area contributed by atoms with Crippen molar-refractivity contribution in [3.8, 4) is 0 Å². The Labute approximate surface area is 137 Å². The number of H-pyrrole nitrogens is 1. The Morgan fingerprint density at radius 3 is 2.42 bits per heavy atom. The molecule has 0 aliphatic carbocycles.